The average Bonchev–Trinajstić information content (AvgIpc) is 3.06. The van der Waals surface area contributed by atoms with Crippen molar-refractivity contribution in [2.45, 2.75) is 12.0 Å². The highest BCUT2D eigenvalue weighted by Crippen LogP contribution is 2.44. The normalized spacial score (nSPS) is 13.3. The van der Waals surface area contributed by atoms with Crippen molar-refractivity contribution in [1.82, 2.24) is 5.32 Å². The predicted molar refractivity (Wildman–Crippen MR) is 118 cm³/mol. The highest BCUT2D eigenvalue weighted by molar-refractivity contribution is 14.1. The molecule has 7 heteroatoms. The first-order chi connectivity index (χ1) is 14.5. The number of carbonyl (C=O) groups excluding carboxylic acids is 1. The summed E-state index contributed by atoms with van der Waals surface area (Å²) in [7, 11) is 0. The van der Waals surface area contributed by atoms with Crippen LogP contribution in [0.1, 0.15) is 28.7 Å². The Morgan fingerprint density at radius 1 is 1.03 bits per heavy atom. The van der Waals surface area contributed by atoms with E-state index in [2.05, 4.69) is 5.32 Å². The van der Waals surface area contributed by atoms with Crippen LogP contribution in [0.3, 0.4) is 0 Å². The zero-order valence-electron chi connectivity index (χ0n) is 15.6. The number of hydrogen-bond donors (Lipinski definition) is 2. The third-order valence-corrected chi connectivity index (χ3v) is 5.79. The van der Waals surface area contributed by atoms with E-state index in [1.54, 1.807) is 0 Å². The van der Waals surface area contributed by atoms with Crippen molar-refractivity contribution in [3.05, 3.63) is 92.8 Å². The van der Waals surface area contributed by atoms with E-state index >= 15 is 0 Å². The van der Waals surface area contributed by atoms with Gasteiger partial charge in [0, 0.05) is 15.1 Å². The minimum absolute atomic E-state index is 0.0427. The highest BCUT2D eigenvalue weighted by atomic mass is 127. The van der Waals surface area contributed by atoms with Crippen molar-refractivity contribution in [1.29, 1.82) is 0 Å². The fourth-order valence-electron chi connectivity index (χ4n) is 3.77. The Bertz CT molecular complexity index is 1090. The molecule has 5 nitrogen and oxygen atoms in total. The van der Waals surface area contributed by atoms with Crippen LogP contribution in [-0.2, 0) is 9.53 Å². The van der Waals surface area contributed by atoms with Gasteiger partial charge < -0.3 is 15.2 Å². The minimum Gasteiger partial charge on any atom is -0.479 e. The number of fused-ring (bicyclic) bond motifs is 3. The summed E-state index contributed by atoms with van der Waals surface area (Å²) in [4.78, 5) is 24.0. The Kier molecular flexibility index (Phi) is 5.72. The Morgan fingerprint density at radius 2 is 1.63 bits per heavy atom. The molecular formula is C23H17FINO4. The largest absolute Gasteiger partial charge is 0.479 e. The molecule has 0 bridgehead atoms. The van der Waals surface area contributed by atoms with Crippen LogP contribution < -0.4 is 5.32 Å². The lowest BCUT2D eigenvalue weighted by molar-refractivity contribution is -0.139. The van der Waals surface area contributed by atoms with Crippen molar-refractivity contribution >= 4 is 34.7 Å². The van der Waals surface area contributed by atoms with Crippen LogP contribution in [0.2, 0.25) is 0 Å². The first-order valence-corrected chi connectivity index (χ1v) is 10.3. The van der Waals surface area contributed by atoms with Gasteiger partial charge in [0.25, 0.3) is 0 Å². The van der Waals surface area contributed by atoms with Crippen LogP contribution in [0, 0.1) is 9.39 Å². The molecule has 1 amide bonds. The Hall–Kier alpha value is -2.94. The zero-order valence-corrected chi connectivity index (χ0v) is 17.8. The van der Waals surface area contributed by atoms with Crippen molar-refractivity contribution in [3.8, 4) is 11.1 Å². The molecule has 0 saturated heterocycles. The molecule has 30 heavy (non-hydrogen) atoms. The van der Waals surface area contributed by atoms with Gasteiger partial charge in [-0.15, -0.1) is 0 Å². The van der Waals surface area contributed by atoms with Crippen LogP contribution >= 0.6 is 22.6 Å². The number of nitrogens with one attached hydrogen (secondary N) is 1. The van der Waals surface area contributed by atoms with Crippen molar-refractivity contribution in [2.75, 3.05) is 6.61 Å². The summed E-state index contributed by atoms with van der Waals surface area (Å²) in [6, 6.07) is 18.3. The van der Waals surface area contributed by atoms with Crippen LogP contribution in [0.4, 0.5) is 9.18 Å². The van der Waals surface area contributed by atoms with Crippen LogP contribution in [0.25, 0.3) is 11.1 Å². The molecule has 1 aliphatic rings. The van der Waals surface area contributed by atoms with Crippen LogP contribution in [-0.4, -0.2) is 23.8 Å². The van der Waals surface area contributed by atoms with E-state index in [-0.39, 0.29) is 18.1 Å². The molecule has 0 radical (unpaired) electrons. The number of carbonyl (C=O) groups is 2. The van der Waals surface area contributed by atoms with Gasteiger partial charge in [0.15, 0.2) is 6.04 Å². The SMILES string of the molecule is O=C(NC(C(=O)O)c1cc(I)ccc1F)OCC1c2ccccc2-c2ccccc21. The highest BCUT2D eigenvalue weighted by Gasteiger charge is 2.30. The standard InChI is InChI=1S/C23H17FINO4/c24-20-10-9-13(25)11-18(20)21(22(27)28)26-23(29)30-12-19-16-7-3-1-5-14(16)15-6-2-4-8-17(15)19/h1-11,19,21H,12H2,(H,26,29)(H,27,28). The fourth-order valence-corrected chi connectivity index (χ4v) is 4.28. The number of hydrogen-bond acceptors (Lipinski definition) is 3. The molecule has 0 aliphatic heterocycles. The number of ether oxygens (including phenoxy) is 1. The molecule has 2 N–H and O–H groups in total. The van der Waals surface area contributed by atoms with Crippen molar-refractivity contribution < 1.29 is 23.8 Å². The number of carboxylic acids is 1. The van der Waals surface area contributed by atoms with E-state index in [0.717, 1.165) is 22.3 Å². The summed E-state index contributed by atoms with van der Waals surface area (Å²) < 4.78 is 20.2. The molecule has 1 atom stereocenters. The Labute approximate surface area is 186 Å². The van der Waals surface area contributed by atoms with E-state index in [1.807, 2.05) is 71.1 Å². The second-order valence-corrected chi connectivity index (χ2v) is 8.15. The molecule has 0 heterocycles. The lowest BCUT2D eigenvalue weighted by Crippen LogP contribution is -2.35. The molecule has 0 fully saturated rings. The molecule has 3 aromatic rings. The summed E-state index contributed by atoms with van der Waals surface area (Å²) in [6.45, 7) is 0.0427. The maximum Gasteiger partial charge on any atom is 0.408 e. The van der Waals surface area contributed by atoms with Gasteiger partial charge in [0.2, 0.25) is 0 Å². The number of carboxylic acid groups (broad SMARTS) is 1. The maximum atomic E-state index is 14.1. The van der Waals surface area contributed by atoms with E-state index in [9.17, 15) is 19.1 Å². The molecule has 4 rings (SSSR count). The monoisotopic (exact) mass is 517 g/mol. The Morgan fingerprint density at radius 3 is 2.23 bits per heavy atom. The molecule has 0 saturated carbocycles. The zero-order chi connectivity index (χ0) is 21.3. The molecular weight excluding hydrogens is 500 g/mol. The van der Waals surface area contributed by atoms with Gasteiger partial charge in [-0.3, -0.25) is 0 Å². The van der Waals surface area contributed by atoms with Crippen molar-refractivity contribution in [3.63, 3.8) is 0 Å². The van der Waals surface area contributed by atoms with Gasteiger partial charge in [-0.25, -0.2) is 14.0 Å². The molecule has 0 aromatic heterocycles. The summed E-state index contributed by atoms with van der Waals surface area (Å²) in [5.74, 6) is -2.23. The van der Waals surface area contributed by atoms with Gasteiger partial charge in [-0.1, -0.05) is 48.5 Å². The number of amides is 1. The van der Waals surface area contributed by atoms with Gasteiger partial charge in [-0.05, 0) is 63.0 Å². The second-order valence-electron chi connectivity index (χ2n) is 6.91. The van der Waals surface area contributed by atoms with Gasteiger partial charge in [0.05, 0.1) is 0 Å². The molecule has 0 spiro atoms. The lowest BCUT2D eigenvalue weighted by Gasteiger charge is -2.18. The van der Waals surface area contributed by atoms with Crippen molar-refractivity contribution in [2.24, 2.45) is 0 Å². The van der Waals surface area contributed by atoms with Crippen LogP contribution in [0.15, 0.2) is 66.7 Å². The third-order valence-electron chi connectivity index (χ3n) is 5.12. The fraction of sp³-hybridized carbons (Fsp3) is 0.130. The molecule has 152 valence electrons. The Balaban J connectivity index is 1.51. The second kappa shape index (κ2) is 8.43. The maximum absolute atomic E-state index is 14.1. The summed E-state index contributed by atoms with van der Waals surface area (Å²) in [5.41, 5.74) is 4.15. The summed E-state index contributed by atoms with van der Waals surface area (Å²) in [6.07, 6.45) is -0.914. The molecule has 3 aromatic carbocycles. The first-order valence-electron chi connectivity index (χ1n) is 9.25. The summed E-state index contributed by atoms with van der Waals surface area (Å²) in [5, 5.41) is 11.8. The minimum atomic E-state index is -1.55. The third kappa shape index (κ3) is 3.89. The lowest BCUT2D eigenvalue weighted by atomic mass is 9.98. The van der Waals surface area contributed by atoms with Crippen LogP contribution in [0.5, 0.6) is 0 Å². The molecule has 1 aliphatic carbocycles. The van der Waals surface area contributed by atoms with Gasteiger partial charge in [-0.2, -0.15) is 0 Å². The van der Waals surface area contributed by atoms with Gasteiger partial charge >= 0.3 is 12.1 Å². The topological polar surface area (TPSA) is 75.6 Å². The number of halogens is 2. The van der Waals surface area contributed by atoms with E-state index in [1.165, 1.54) is 18.2 Å². The number of alkyl carbamates (subject to hydrolysis) is 1. The van der Waals surface area contributed by atoms with E-state index in [4.69, 9.17) is 4.74 Å². The smallest absolute Gasteiger partial charge is 0.408 e. The summed E-state index contributed by atoms with van der Waals surface area (Å²) >= 11 is 1.95. The number of benzene rings is 3. The van der Waals surface area contributed by atoms with E-state index < -0.39 is 23.9 Å². The number of rotatable bonds is 5. The van der Waals surface area contributed by atoms with Gasteiger partial charge in [0.1, 0.15) is 12.4 Å². The first kappa shape index (κ1) is 20.3. The predicted octanol–water partition coefficient (Wildman–Crippen LogP) is 5.09. The molecule has 1 unspecified atom stereocenters. The van der Waals surface area contributed by atoms with E-state index in [0.29, 0.717) is 3.57 Å². The number of aliphatic carboxylic acids is 1. The quantitative estimate of drug-likeness (QED) is 0.463. The average molecular weight is 517 g/mol.